The molecule has 0 spiro atoms. The Morgan fingerprint density at radius 2 is 2.62 bits per heavy atom. The lowest BCUT2D eigenvalue weighted by atomic mass is 10.2. The topological polar surface area (TPSA) is 12.0 Å². The number of hydrogen-bond acceptors (Lipinski definition) is 2. The quantitative estimate of drug-likeness (QED) is 0.571. The summed E-state index contributed by atoms with van der Waals surface area (Å²) in [5, 5.41) is 3.92. The highest BCUT2D eigenvalue weighted by Crippen LogP contribution is 2.13. The van der Waals surface area contributed by atoms with Gasteiger partial charge in [0.05, 0.1) is 0 Å². The second-order valence-electron chi connectivity index (χ2n) is 1.88. The number of thioether (sulfide) groups is 1. The van der Waals surface area contributed by atoms with Crippen LogP contribution in [0.2, 0.25) is 0 Å². The van der Waals surface area contributed by atoms with Crippen LogP contribution in [-0.2, 0) is 0 Å². The zero-order valence-corrected chi connectivity index (χ0v) is 5.87. The van der Waals surface area contributed by atoms with Crippen molar-refractivity contribution in [1.29, 1.82) is 0 Å². The van der Waals surface area contributed by atoms with E-state index in [1.165, 1.54) is 6.42 Å². The molecule has 0 bridgehead atoms. The van der Waals surface area contributed by atoms with Crippen molar-refractivity contribution < 1.29 is 0 Å². The van der Waals surface area contributed by atoms with E-state index in [0.717, 1.165) is 11.8 Å². The normalized spacial score (nSPS) is 27.4. The summed E-state index contributed by atoms with van der Waals surface area (Å²) in [4.78, 5) is 0. The summed E-state index contributed by atoms with van der Waals surface area (Å²) in [5.74, 6) is 0. The van der Waals surface area contributed by atoms with Gasteiger partial charge in [0, 0.05) is 11.8 Å². The minimum atomic E-state index is 0.760. The van der Waals surface area contributed by atoms with Crippen LogP contribution in [0.25, 0.3) is 0 Å². The Hall–Kier alpha value is -0.110. The summed E-state index contributed by atoms with van der Waals surface area (Å²) in [6.07, 6.45) is 7.69. The van der Waals surface area contributed by atoms with Gasteiger partial charge in [-0.3, -0.25) is 0 Å². The van der Waals surface area contributed by atoms with E-state index in [-0.39, 0.29) is 0 Å². The summed E-state index contributed by atoms with van der Waals surface area (Å²) in [7, 11) is 0. The van der Waals surface area contributed by atoms with Crippen molar-refractivity contribution >= 4 is 11.8 Å². The third kappa shape index (κ3) is 1.44. The van der Waals surface area contributed by atoms with Crippen molar-refractivity contribution in [2.24, 2.45) is 0 Å². The van der Waals surface area contributed by atoms with E-state index in [2.05, 4.69) is 17.6 Å². The molecule has 0 fully saturated rings. The molecule has 0 aliphatic carbocycles. The van der Waals surface area contributed by atoms with Crippen molar-refractivity contribution in [3.63, 3.8) is 0 Å². The van der Waals surface area contributed by atoms with Gasteiger partial charge in [-0.15, -0.1) is 0 Å². The molecule has 0 aromatic rings. The molecule has 1 nitrogen and oxygen atoms in total. The molecule has 8 heavy (non-hydrogen) atoms. The highest BCUT2D eigenvalue weighted by Gasteiger charge is 2.03. The van der Waals surface area contributed by atoms with Crippen molar-refractivity contribution in [3.8, 4) is 0 Å². The smallest absolute Gasteiger partial charge is 0.0257 e. The molecule has 0 radical (unpaired) electrons. The van der Waals surface area contributed by atoms with E-state index in [0.29, 0.717) is 0 Å². The van der Waals surface area contributed by atoms with Gasteiger partial charge in [-0.1, -0.05) is 6.08 Å². The van der Waals surface area contributed by atoms with Gasteiger partial charge in [0.1, 0.15) is 0 Å². The predicted octanol–water partition coefficient (Wildman–Crippen LogP) is 1.22. The number of nitrogens with one attached hydrogen (secondary N) is 1. The lowest BCUT2D eigenvalue weighted by Gasteiger charge is -2.13. The fourth-order valence-corrected chi connectivity index (χ4v) is 1.37. The van der Waals surface area contributed by atoms with Gasteiger partial charge in [0.25, 0.3) is 0 Å². The largest absolute Gasteiger partial charge is 0.391 e. The number of rotatable bonds is 1. The Bertz CT molecular complexity index is 90.5. The molecule has 1 rings (SSSR count). The molecule has 0 aromatic carbocycles. The molecule has 0 saturated heterocycles. The van der Waals surface area contributed by atoms with Crippen LogP contribution in [0.3, 0.4) is 0 Å². The molecule has 0 amide bonds. The van der Waals surface area contributed by atoms with Gasteiger partial charge in [-0.2, -0.15) is 11.8 Å². The summed E-state index contributed by atoms with van der Waals surface area (Å²) in [6.45, 7) is 1.14. The highest BCUT2D eigenvalue weighted by atomic mass is 32.2. The van der Waals surface area contributed by atoms with Crippen LogP contribution in [-0.4, -0.2) is 18.1 Å². The van der Waals surface area contributed by atoms with Crippen LogP contribution in [0.15, 0.2) is 12.3 Å². The molecule has 1 heterocycles. The summed E-state index contributed by atoms with van der Waals surface area (Å²) >= 11 is 1.92. The maximum atomic E-state index is 3.16. The lowest BCUT2D eigenvalue weighted by Crippen LogP contribution is -2.18. The van der Waals surface area contributed by atoms with Crippen LogP contribution >= 0.6 is 11.8 Å². The molecule has 1 aliphatic rings. The predicted molar refractivity (Wildman–Crippen MR) is 39.1 cm³/mol. The first kappa shape index (κ1) is 6.02. The van der Waals surface area contributed by atoms with Crippen LogP contribution in [0.4, 0.5) is 0 Å². The molecule has 1 unspecified atom stereocenters. The van der Waals surface area contributed by atoms with Gasteiger partial charge in [-0.05, 0) is 18.9 Å². The Morgan fingerprint density at radius 3 is 3.00 bits per heavy atom. The first-order valence-corrected chi connectivity index (χ1v) is 4.15. The van der Waals surface area contributed by atoms with Crippen molar-refractivity contribution in [1.82, 2.24) is 5.32 Å². The molecule has 2 heteroatoms. The first-order chi connectivity index (χ1) is 3.93. The molecular formula is C6H11NS. The Balaban J connectivity index is 2.32. The molecule has 1 atom stereocenters. The zero-order chi connectivity index (χ0) is 5.82. The van der Waals surface area contributed by atoms with E-state index in [1.54, 1.807) is 0 Å². The van der Waals surface area contributed by atoms with E-state index in [1.807, 2.05) is 18.0 Å². The van der Waals surface area contributed by atoms with Crippen LogP contribution in [0.1, 0.15) is 6.42 Å². The second kappa shape index (κ2) is 3.02. The van der Waals surface area contributed by atoms with Gasteiger partial charge in [0.15, 0.2) is 0 Å². The maximum absolute atomic E-state index is 3.16. The maximum Gasteiger partial charge on any atom is 0.0257 e. The molecule has 1 aliphatic heterocycles. The standard InChI is InChI=1S/C6H11NS/c1-8-6-2-4-7-5-3-6/h2,4,6-7H,3,5H2,1H3. The van der Waals surface area contributed by atoms with Gasteiger partial charge < -0.3 is 5.32 Å². The Labute approximate surface area is 54.5 Å². The Kier molecular flexibility index (Phi) is 2.27. The minimum absolute atomic E-state index is 0.760. The summed E-state index contributed by atoms with van der Waals surface area (Å²) in [6, 6.07) is 0. The average Bonchev–Trinajstić information content (AvgIpc) is 1.90. The summed E-state index contributed by atoms with van der Waals surface area (Å²) < 4.78 is 0. The van der Waals surface area contributed by atoms with Crippen molar-refractivity contribution in [2.75, 3.05) is 12.8 Å². The third-order valence-corrected chi connectivity index (χ3v) is 2.30. The van der Waals surface area contributed by atoms with Crippen LogP contribution in [0.5, 0.6) is 0 Å². The molecule has 46 valence electrons. The fourth-order valence-electron chi connectivity index (χ4n) is 0.777. The zero-order valence-electron chi connectivity index (χ0n) is 5.05. The second-order valence-corrected chi connectivity index (χ2v) is 2.95. The van der Waals surface area contributed by atoms with Crippen LogP contribution in [0, 0.1) is 0 Å². The fraction of sp³-hybridized carbons (Fsp3) is 0.667. The Morgan fingerprint density at radius 1 is 1.75 bits per heavy atom. The molecule has 1 N–H and O–H groups in total. The third-order valence-electron chi connectivity index (χ3n) is 1.30. The number of hydrogen-bond donors (Lipinski definition) is 1. The monoisotopic (exact) mass is 129 g/mol. The van der Waals surface area contributed by atoms with E-state index in [4.69, 9.17) is 0 Å². The van der Waals surface area contributed by atoms with E-state index >= 15 is 0 Å². The van der Waals surface area contributed by atoms with Gasteiger partial charge in [-0.25, -0.2) is 0 Å². The van der Waals surface area contributed by atoms with E-state index in [9.17, 15) is 0 Å². The molecule has 0 saturated carbocycles. The highest BCUT2D eigenvalue weighted by molar-refractivity contribution is 7.99. The van der Waals surface area contributed by atoms with Crippen LogP contribution < -0.4 is 5.32 Å². The van der Waals surface area contributed by atoms with Gasteiger partial charge in [0.2, 0.25) is 0 Å². The SMILES string of the molecule is CSC1C=CNCC1. The van der Waals surface area contributed by atoms with Crippen molar-refractivity contribution in [3.05, 3.63) is 12.3 Å². The van der Waals surface area contributed by atoms with E-state index < -0.39 is 0 Å². The summed E-state index contributed by atoms with van der Waals surface area (Å²) in [5.41, 5.74) is 0. The molecular weight excluding hydrogens is 118 g/mol. The first-order valence-electron chi connectivity index (χ1n) is 2.86. The van der Waals surface area contributed by atoms with Crippen molar-refractivity contribution in [2.45, 2.75) is 11.7 Å². The average molecular weight is 129 g/mol. The lowest BCUT2D eigenvalue weighted by molar-refractivity contribution is 0.738. The minimum Gasteiger partial charge on any atom is -0.391 e. The molecule has 0 aromatic heterocycles. The van der Waals surface area contributed by atoms with Gasteiger partial charge >= 0.3 is 0 Å².